The summed E-state index contributed by atoms with van der Waals surface area (Å²) >= 11 is 0. The minimum absolute atomic E-state index is 0.00393. The lowest BCUT2D eigenvalue weighted by molar-refractivity contribution is -0.143. The summed E-state index contributed by atoms with van der Waals surface area (Å²) in [6, 6.07) is 25.8. The van der Waals surface area contributed by atoms with Crippen molar-refractivity contribution in [2.24, 2.45) is 10.9 Å². The summed E-state index contributed by atoms with van der Waals surface area (Å²) < 4.78 is 29.9. The van der Waals surface area contributed by atoms with Gasteiger partial charge in [-0.15, -0.1) is 0 Å². The number of likely N-dealkylation sites (tertiary alicyclic amines) is 1. The molecule has 2 unspecified atom stereocenters. The lowest BCUT2D eigenvalue weighted by Gasteiger charge is -2.37. The summed E-state index contributed by atoms with van der Waals surface area (Å²) in [6.45, 7) is 18.8. The van der Waals surface area contributed by atoms with E-state index in [-0.39, 0.29) is 67.9 Å². The minimum atomic E-state index is -0.916. The summed E-state index contributed by atoms with van der Waals surface area (Å²) in [5.41, 5.74) is 11.4. The zero-order valence-corrected chi connectivity index (χ0v) is 50.3. The molecule has 9 rings (SSSR count). The molecule has 0 spiro atoms. The first-order valence-corrected chi connectivity index (χ1v) is 30.1. The monoisotopic (exact) mass is 1160 g/mol. The molecule has 0 bridgehead atoms. The number of aliphatic imine (C=N–C) groups is 1. The van der Waals surface area contributed by atoms with Gasteiger partial charge in [-0.25, -0.2) is 0 Å². The Labute approximate surface area is 498 Å². The number of aromatic amines is 1. The van der Waals surface area contributed by atoms with Gasteiger partial charge in [-0.2, -0.15) is 0 Å². The highest BCUT2D eigenvalue weighted by molar-refractivity contribution is 6.02. The van der Waals surface area contributed by atoms with E-state index in [9.17, 15) is 29.1 Å². The second-order valence-electron chi connectivity index (χ2n) is 22.9. The third-order valence-electron chi connectivity index (χ3n) is 16.6. The number of carbonyl (C=O) groups excluding carboxylic acids is 4. The van der Waals surface area contributed by atoms with Crippen molar-refractivity contribution in [1.29, 1.82) is 0 Å². The summed E-state index contributed by atoms with van der Waals surface area (Å²) in [4.78, 5) is 81.3. The maximum absolute atomic E-state index is 14.3. The van der Waals surface area contributed by atoms with Crippen LogP contribution in [0.5, 0.6) is 11.5 Å². The molecule has 1 aromatic heterocycles. The number of rotatable bonds is 27. The number of amides is 4. The topological polar surface area (TPSA) is 214 Å². The SMILES string of the molecule is CCN(c1cc(-c2ccc(OCCCCOCCOCCOc3cc(C4=C(C)N=CC4)ccc3CNC(=O)C3C[C@@H](O)CN3C(=O)C(C(C)C)N3Cc4ccccc4C3=O)cc2)cc(C(=O)NCc2c(C)cc(C)[nH]c2=O)c1C)C1CCOCC1. The lowest BCUT2D eigenvalue weighted by Crippen LogP contribution is -2.55. The number of aryl methyl sites for hydroxylation is 2. The Balaban J connectivity index is 0.721. The number of unbranched alkanes of at least 4 members (excludes halogenated alkanes) is 1. The molecule has 0 aliphatic carbocycles. The van der Waals surface area contributed by atoms with Crippen molar-refractivity contribution < 1.29 is 48.0 Å². The Hall–Kier alpha value is -7.64. The zero-order valence-electron chi connectivity index (χ0n) is 50.3. The normalized spacial score (nSPS) is 17.2. The Morgan fingerprint density at radius 2 is 1.55 bits per heavy atom. The predicted octanol–water partition coefficient (Wildman–Crippen LogP) is 8.64. The molecular weight excluding hydrogens is 1080 g/mol. The molecule has 4 amide bonds. The van der Waals surface area contributed by atoms with Crippen LogP contribution in [0.3, 0.4) is 0 Å². The van der Waals surface area contributed by atoms with E-state index in [1.165, 1.54) is 4.90 Å². The molecule has 2 saturated heterocycles. The number of allylic oxidation sites excluding steroid dienone is 2. The number of hydrogen-bond acceptors (Lipinski definition) is 13. The van der Waals surface area contributed by atoms with Crippen molar-refractivity contribution in [1.82, 2.24) is 25.4 Å². The number of aliphatic hydroxyl groups is 1. The molecule has 5 heterocycles. The van der Waals surface area contributed by atoms with E-state index < -0.39 is 24.1 Å². The van der Waals surface area contributed by atoms with Crippen molar-refractivity contribution in [3.8, 4) is 22.6 Å². The first kappa shape index (κ1) is 61.9. The fourth-order valence-electron chi connectivity index (χ4n) is 12.1. The van der Waals surface area contributed by atoms with Crippen LogP contribution in [0, 0.1) is 26.7 Å². The van der Waals surface area contributed by atoms with Crippen molar-refractivity contribution >= 4 is 41.1 Å². The number of nitrogens with zero attached hydrogens (tertiary/aromatic N) is 4. The van der Waals surface area contributed by atoms with E-state index in [2.05, 4.69) is 38.5 Å². The molecule has 18 nitrogen and oxygen atoms in total. The first-order valence-electron chi connectivity index (χ1n) is 30.1. The maximum atomic E-state index is 14.3. The van der Waals surface area contributed by atoms with Gasteiger partial charge in [0.05, 0.1) is 32.5 Å². The molecule has 0 radical (unpaired) electrons. The van der Waals surface area contributed by atoms with Crippen LogP contribution in [0.15, 0.2) is 100 Å². The summed E-state index contributed by atoms with van der Waals surface area (Å²) in [5, 5.41) is 16.9. The van der Waals surface area contributed by atoms with E-state index in [0.717, 1.165) is 99.6 Å². The highest BCUT2D eigenvalue weighted by Crippen LogP contribution is 2.36. The summed E-state index contributed by atoms with van der Waals surface area (Å²) in [6.07, 6.45) is 5.19. The second kappa shape index (κ2) is 29.0. The molecule has 4 N–H and O–H groups in total. The Morgan fingerprint density at radius 3 is 2.27 bits per heavy atom. The van der Waals surface area contributed by atoms with Gasteiger partial charge in [-0.1, -0.05) is 56.3 Å². The van der Waals surface area contributed by atoms with E-state index in [1.807, 2.05) is 121 Å². The molecule has 4 aromatic carbocycles. The molecule has 4 aliphatic heterocycles. The highest BCUT2D eigenvalue weighted by atomic mass is 16.5. The molecule has 452 valence electrons. The average molecular weight is 1160 g/mol. The quantitative estimate of drug-likeness (QED) is 0.0364. The molecule has 4 aliphatic rings. The van der Waals surface area contributed by atoms with E-state index >= 15 is 0 Å². The fourth-order valence-corrected chi connectivity index (χ4v) is 12.1. The van der Waals surface area contributed by atoms with Gasteiger partial charge in [0, 0.05) is 117 Å². The van der Waals surface area contributed by atoms with Crippen LogP contribution in [0.25, 0.3) is 16.7 Å². The Bertz CT molecular complexity index is 3310. The predicted molar refractivity (Wildman–Crippen MR) is 328 cm³/mol. The van der Waals surface area contributed by atoms with Crippen LogP contribution >= 0.6 is 0 Å². The third kappa shape index (κ3) is 15.1. The van der Waals surface area contributed by atoms with Crippen LogP contribution in [-0.2, 0) is 43.4 Å². The average Bonchev–Trinajstić information content (AvgIpc) is 2.44. The van der Waals surface area contributed by atoms with Gasteiger partial charge in [0.2, 0.25) is 11.8 Å². The molecule has 85 heavy (non-hydrogen) atoms. The van der Waals surface area contributed by atoms with Gasteiger partial charge in [0.1, 0.15) is 30.2 Å². The molecular formula is C67H83N7O11. The number of pyridine rings is 1. The smallest absolute Gasteiger partial charge is 0.255 e. The number of β-amino-alcohol motifs (C(OH)–C–C–N with tert-alkyl or cyclic N) is 1. The van der Waals surface area contributed by atoms with E-state index in [1.54, 1.807) is 11.0 Å². The molecule has 2 fully saturated rings. The summed E-state index contributed by atoms with van der Waals surface area (Å²) in [5.74, 6) is -0.108. The van der Waals surface area contributed by atoms with Gasteiger partial charge in [-0.3, -0.25) is 29.0 Å². The standard InChI is InChI=1S/C67H83N7O11/c1-8-72(52-22-27-82-28-23-52)59-35-51(34-57(45(59)6)63(76)70-39-58-43(4)33-44(5)71-64(58)77)47-17-19-54(20-18-47)84-26-12-11-25-81-29-30-83-31-32-85-61-36-48(55-21-24-68-46(55)7)15-16-49(61)38-69-65(78)60-37-53(75)41-73(60)67(80)62(42(2)3)74-40-50-13-9-10-14-56(50)66(74)79/h9-10,13-20,24,33-36,42,52-53,60,62,75H,8,11-12,21-23,25-32,37-41H2,1-7H3,(H,69,78)(H,70,76)(H,71,77)/t53-,60?,62?/m1/s1. The number of carbonyl (C=O) groups is 4. The maximum Gasteiger partial charge on any atom is 0.255 e. The van der Waals surface area contributed by atoms with Crippen LogP contribution in [0.2, 0.25) is 0 Å². The molecule has 18 heteroatoms. The van der Waals surface area contributed by atoms with Crippen molar-refractivity contribution in [2.45, 2.75) is 131 Å². The van der Waals surface area contributed by atoms with Crippen molar-refractivity contribution in [3.05, 3.63) is 151 Å². The van der Waals surface area contributed by atoms with Crippen molar-refractivity contribution in [2.75, 3.05) is 70.8 Å². The van der Waals surface area contributed by atoms with Crippen LogP contribution in [0.4, 0.5) is 5.69 Å². The Morgan fingerprint density at radius 1 is 0.824 bits per heavy atom. The fraction of sp³-hybridized carbons (Fsp3) is 0.463. The third-order valence-corrected chi connectivity index (χ3v) is 16.6. The van der Waals surface area contributed by atoms with Crippen LogP contribution < -0.4 is 30.6 Å². The number of aliphatic hydroxyl groups excluding tert-OH is 1. The number of benzene rings is 4. The molecule has 0 saturated carbocycles. The number of nitrogens with one attached hydrogen (secondary N) is 3. The lowest BCUT2D eigenvalue weighted by atomic mass is 9.95. The van der Waals surface area contributed by atoms with Gasteiger partial charge in [0.25, 0.3) is 17.4 Å². The van der Waals surface area contributed by atoms with Gasteiger partial charge < -0.3 is 59.1 Å². The minimum Gasteiger partial charge on any atom is -0.494 e. The van der Waals surface area contributed by atoms with Gasteiger partial charge in [-0.05, 0) is 148 Å². The molecule has 5 aromatic rings. The van der Waals surface area contributed by atoms with Gasteiger partial charge in [0.15, 0.2) is 0 Å². The summed E-state index contributed by atoms with van der Waals surface area (Å²) in [7, 11) is 0. The van der Waals surface area contributed by atoms with E-state index in [0.29, 0.717) is 81.7 Å². The number of aromatic nitrogens is 1. The molecule has 3 atom stereocenters. The number of H-pyrrole nitrogens is 1. The van der Waals surface area contributed by atoms with Gasteiger partial charge >= 0.3 is 0 Å². The number of anilines is 1. The highest BCUT2D eigenvalue weighted by Gasteiger charge is 2.46. The number of ether oxygens (including phenoxy) is 5. The number of hydrogen-bond donors (Lipinski definition) is 4. The van der Waals surface area contributed by atoms with Crippen LogP contribution in [0.1, 0.15) is 126 Å². The van der Waals surface area contributed by atoms with E-state index in [4.69, 9.17) is 23.7 Å². The van der Waals surface area contributed by atoms with Crippen molar-refractivity contribution in [3.63, 3.8) is 0 Å². The second-order valence-corrected chi connectivity index (χ2v) is 22.9. The number of fused-ring (bicyclic) bond motifs is 1. The Kier molecular flexibility index (Phi) is 21.1. The largest absolute Gasteiger partial charge is 0.494 e. The zero-order chi connectivity index (χ0) is 60.1. The first-order chi connectivity index (χ1) is 41.1. The van der Waals surface area contributed by atoms with Crippen LogP contribution in [-0.4, -0.2) is 140 Å².